The molecule has 27 heavy (non-hydrogen) atoms. The Morgan fingerprint density at radius 1 is 1.15 bits per heavy atom. The van der Waals surface area contributed by atoms with Crippen LogP contribution in [0, 0.1) is 6.92 Å². The molecule has 0 spiro atoms. The van der Waals surface area contributed by atoms with Crippen LogP contribution in [0.15, 0.2) is 41.6 Å². The summed E-state index contributed by atoms with van der Waals surface area (Å²) in [5.41, 5.74) is 1.63. The summed E-state index contributed by atoms with van der Waals surface area (Å²) in [5, 5.41) is 6.93. The van der Waals surface area contributed by atoms with Crippen LogP contribution >= 0.6 is 0 Å². The summed E-state index contributed by atoms with van der Waals surface area (Å²) < 4.78 is 28.6. The maximum atomic E-state index is 12.7. The van der Waals surface area contributed by atoms with Crippen molar-refractivity contribution in [1.29, 1.82) is 0 Å². The highest BCUT2D eigenvalue weighted by molar-refractivity contribution is 7.89. The van der Waals surface area contributed by atoms with Crippen LogP contribution in [0.2, 0.25) is 0 Å². The highest BCUT2D eigenvalue weighted by atomic mass is 32.2. The van der Waals surface area contributed by atoms with Gasteiger partial charge in [0.05, 0.1) is 11.1 Å². The summed E-state index contributed by atoms with van der Waals surface area (Å²) in [6, 6.07) is 6.33. The molecule has 1 aliphatic rings. The molecular formula is C18H25N5O3S. The summed E-state index contributed by atoms with van der Waals surface area (Å²) in [6.07, 6.45) is 3.92. The van der Waals surface area contributed by atoms with Crippen LogP contribution in [0.1, 0.15) is 12.0 Å². The van der Waals surface area contributed by atoms with Gasteiger partial charge in [-0.3, -0.25) is 9.48 Å². The number of rotatable bonds is 6. The van der Waals surface area contributed by atoms with Crippen LogP contribution in [0.4, 0.5) is 5.69 Å². The number of carbonyl (C=O) groups excluding carboxylic acids is 1. The highest BCUT2D eigenvalue weighted by Gasteiger charge is 2.27. The molecular weight excluding hydrogens is 366 g/mol. The number of hydrogen-bond acceptors (Lipinski definition) is 5. The van der Waals surface area contributed by atoms with Crippen LogP contribution in [0.25, 0.3) is 0 Å². The van der Waals surface area contributed by atoms with Crippen molar-refractivity contribution in [2.75, 3.05) is 38.5 Å². The Labute approximate surface area is 159 Å². The second-order valence-corrected chi connectivity index (χ2v) is 8.75. The number of likely N-dealkylation sites (N-methyl/N-ethyl adjacent to an activating group) is 1. The Balaban J connectivity index is 1.57. The molecule has 2 heterocycles. The number of aromatic nitrogens is 2. The fraction of sp³-hybridized carbons (Fsp3) is 0.444. The second-order valence-electron chi connectivity index (χ2n) is 6.81. The summed E-state index contributed by atoms with van der Waals surface area (Å²) in [4.78, 5) is 14.4. The number of aryl methyl sites for hydroxylation is 2. The van der Waals surface area contributed by atoms with Gasteiger partial charge in [0.15, 0.2) is 0 Å². The average molecular weight is 391 g/mol. The van der Waals surface area contributed by atoms with Gasteiger partial charge in [-0.2, -0.15) is 9.40 Å². The van der Waals surface area contributed by atoms with Gasteiger partial charge in [0, 0.05) is 51.0 Å². The first-order chi connectivity index (χ1) is 12.8. The topological polar surface area (TPSA) is 87.5 Å². The molecule has 0 bridgehead atoms. The van der Waals surface area contributed by atoms with Gasteiger partial charge in [0.2, 0.25) is 15.9 Å². The van der Waals surface area contributed by atoms with Crippen molar-refractivity contribution in [2.45, 2.75) is 24.8 Å². The van der Waals surface area contributed by atoms with Crippen molar-refractivity contribution >= 4 is 21.6 Å². The predicted molar refractivity (Wildman–Crippen MR) is 103 cm³/mol. The fourth-order valence-electron chi connectivity index (χ4n) is 2.92. The van der Waals surface area contributed by atoms with Crippen molar-refractivity contribution in [3.8, 4) is 0 Å². The van der Waals surface area contributed by atoms with Crippen molar-refractivity contribution in [2.24, 2.45) is 0 Å². The zero-order chi connectivity index (χ0) is 19.4. The molecule has 0 aliphatic carbocycles. The smallest absolute Gasteiger partial charge is 0.243 e. The summed E-state index contributed by atoms with van der Waals surface area (Å²) in [5.74, 6) is -0.141. The maximum absolute atomic E-state index is 12.7. The van der Waals surface area contributed by atoms with E-state index in [0.29, 0.717) is 31.7 Å². The molecule has 1 aliphatic heterocycles. The molecule has 1 aromatic heterocycles. The summed E-state index contributed by atoms with van der Waals surface area (Å²) in [7, 11) is -1.51. The Morgan fingerprint density at radius 2 is 1.81 bits per heavy atom. The minimum absolute atomic E-state index is 0.141. The normalized spacial score (nSPS) is 16.4. The monoisotopic (exact) mass is 391 g/mol. The lowest BCUT2D eigenvalue weighted by Crippen LogP contribution is -2.46. The first kappa shape index (κ1) is 19.5. The van der Waals surface area contributed by atoms with E-state index >= 15 is 0 Å². The summed E-state index contributed by atoms with van der Waals surface area (Å²) in [6.45, 7) is 4.87. The zero-order valence-electron chi connectivity index (χ0n) is 15.6. The van der Waals surface area contributed by atoms with Crippen LogP contribution in [0.3, 0.4) is 0 Å². The highest BCUT2D eigenvalue weighted by Crippen LogP contribution is 2.19. The lowest BCUT2D eigenvalue weighted by molar-refractivity contribution is -0.116. The Hall–Kier alpha value is -2.23. The largest absolute Gasteiger partial charge is 0.326 e. The van der Waals surface area contributed by atoms with Crippen LogP contribution in [0.5, 0.6) is 0 Å². The van der Waals surface area contributed by atoms with Gasteiger partial charge in [-0.05, 0) is 43.8 Å². The SMILES string of the molecule is Cc1cnn(CCC(=O)Nc2ccc(S(=O)(=O)N3CCN(C)CC3)cc2)c1. The Bertz CT molecular complexity index is 884. The molecule has 1 fully saturated rings. The lowest BCUT2D eigenvalue weighted by atomic mass is 10.3. The van der Waals surface area contributed by atoms with E-state index in [-0.39, 0.29) is 10.8 Å². The molecule has 1 aromatic carbocycles. The van der Waals surface area contributed by atoms with Crippen molar-refractivity contribution in [1.82, 2.24) is 19.0 Å². The lowest BCUT2D eigenvalue weighted by Gasteiger charge is -2.31. The molecule has 8 nitrogen and oxygen atoms in total. The molecule has 1 amide bonds. The van der Waals surface area contributed by atoms with Gasteiger partial charge in [-0.25, -0.2) is 8.42 Å². The average Bonchev–Trinajstić information content (AvgIpc) is 3.06. The molecule has 0 saturated carbocycles. The number of nitrogens with one attached hydrogen (secondary N) is 1. The van der Waals surface area contributed by atoms with E-state index < -0.39 is 10.0 Å². The molecule has 146 valence electrons. The number of amides is 1. The zero-order valence-corrected chi connectivity index (χ0v) is 16.4. The molecule has 2 aromatic rings. The van der Waals surface area contributed by atoms with Crippen LogP contribution < -0.4 is 5.32 Å². The number of sulfonamides is 1. The predicted octanol–water partition coefficient (Wildman–Crippen LogP) is 1.16. The van der Waals surface area contributed by atoms with Crippen LogP contribution in [-0.2, 0) is 21.4 Å². The minimum atomic E-state index is -3.49. The standard InChI is InChI=1S/C18H25N5O3S/c1-15-13-19-22(14-15)8-7-18(24)20-16-3-5-17(6-4-16)27(25,26)23-11-9-21(2)10-12-23/h3-6,13-14H,7-12H2,1-2H3,(H,20,24). The third-order valence-electron chi connectivity index (χ3n) is 4.57. The van der Waals surface area contributed by atoms with E-state index in [2.05, 4.69) is 15.3 Å². The number of carbonyl (C=O) groups is 1. The third-order valence-corrected chi connectivity index (χ3v) is 6.48. The van der Waals surface area contributed by atoms with E-state index in [1.165, 1.54) is 4.31 Å². The number of piperazine rings is 1. The van der Waals surface area contributed by atoms with E-state index in [1.807, 2.05) is 20.2 Å². The van der Waals surface area contributed by atoms with Crippen molar-refractivity contribution in [3.63, 3.8) is 0 Å². The van der Waals surface area contributed by atoms with E-state index in [4.69, 9.17) is 0 Å². The van der Waals surface area contributed by atoms with E-state index in [0.717, 1.165) is 18.7 Å². The van der Waals surface area contributed by atoms with Gasteiger partial charge in [-0.1, -0.05) is 0 Å². The number of benzene rings is 1. The Morgan fingerprint density at radius 3 is 2.41 bits per heavy atom. The number of hydrogen-bond donors (Lipinski definition) is 1. The van der Waals surface area contributed by atoms with Crippen molar-refractivity contribution in [3.05, 3.63) is 42.2 Å². The molecule has 1 N–H and O–H groups in total. The van der Waals surface area contributed by atoms with Crippen LogP contribution in [-0.4, -0.2) is 66.5 Å². The Kier molecular flexibility index (Phi) is 5.93. The van der Waals surface area contributed by atoms with Gasteiger partial charge < -0.3 is 10.2 Å². The molecule has 0 atom stereocenters. The van der Waals surface area contributed by atoms with Crippen molar-refractivity contribution < 1.29 is 13.2 Å². The fourth-order valence-corrected chi connectivity index (χ4v) is 4.34. The van der Waals surface area contributed by atoms with Gasteiger partial charge >= 0.3 is 0 Å². The molecule has 0 unspecified atom stereocenters. The summed E-state index contributed by atoms with van der Waals surface area (Å²) >= 11 is 0. The first-order valence-corrected chi connectivity index (χ1v) is 10.4. The second kappa shape index (κ2) is 8.20. The molecule has 3 rings (SSSR count). The van der Waals surface area contributed by atoms with E-state index in [1.54, 1.807) is 35.1 Å². The first-order valence-electron chi connectivity index (χ1n) is 8.92. The minimum Gasteiger partial charge on any atom is -0.326 e. The quantitative estimate of drug-likeness (QED) is 0.798. The number of nitrogens with zero attached hydrogens (tertiary/aromatic N) is 4. The van der Waals surface area contributed by atoms with Gasteiger partial charge in [-0.15, -0.1) is 0 Å². The maximum Gasteiger partial charge on any atom is 0.243 e. The molecule has 1 saturated heterocycles. The van der Waals surface area contributed by atoms with Gasteiger partial charge in [0.1, 0.15) is 0 Å². The van der Waals surface area contributed by atoms with E-state index in [9.17, 15) is 13.2 Å². The van der Waals surface area contributed by atoms with Gasteiger partial charge in [0.25, 0.3) is 0 Å². The molecule has 9 heteroatoms. The third kappa shape index (κ3) is 4.94. The number of anilines is 1. The molecule has 0 radical (unpaired) electrons.